The van der Waals surface area contributed by atoms with Crippen molar-refractivity contribution in [1.82, 2.24) is 10.2 Å². The van der Waals surface area contributed by atoms with Gasteiger partial charge in [-0.1, -0.05) is 24.3 Å². The number of benzene rings is 2. The minimum absolute atomic E-state index is 0.0329. The van der Waals surface area contributed by atoms with Crippen molar-refractivity contribution in [2.45, 2.75) is 32.4 Å². The van der Waals surface area contributed by atoms with Crippen molar-refractivity contribution in [2.24, 2.45) is 0 Å². The van der Waals surface area contributed by atoms with Gasteiger partial charge < -0.3 is 24.4 Å². The average molecular weight is 440 g/mol. The summed E-state index contributed by atoms with van der Waals surface area (Å²) in [5.41, 5.74) is 0.396. The molecule has 0 aromatic heterocycles. The molecule has 2 amide bonds. The van der Waals surface area contributed by atoms with Crippen LogP contribution in [0, 0.1) is 0 Å². The second-order valence-electron chi connectivity index (χ2n) is 7.59. The number of hydrogen-bond donors (Lipinski definition) is 1. The number of nitrogens with one attached hydrogen (secondary N) is 1. The van der Waals surface area contributed by atoms with Gasteiger partial charge >= 0.3 is 5.97 Å². The van der Waals surface area contributed by atoms with Gasteiger partial charge in [0.25, 0.3) is 5.91 Å². The molecule has 2 aromatic carbocycles. The lowest BCUT2D eigenvalue weighted by atomic mass is 10.1. The predicted octanol–water partition coefficient (Wildman–Crippen LogP) is 2.43. The number of carbonyl (C=O) groups excluding carboxylic acids is 3. The highest BCUT2D eigenvalue weighted by molar-refractivity contribution is 5.99. The number of rotatable bonds is 9. The summed E-state index contributed by atoms with van der Waals surface area (Å²) in [6.07, 6.45) is -0.264. The molecule has 1 saturated heterocycles. The first kappa shape index (κ1) is 23.1. The highest BCUT2D eigenvalue weighted by atomic mass is 16.6. The maximum Gasteiger partial charge on any atom is 0.308 e. The standard InChI is InChI=1S/C24H28N2O6/c1-17(2)32-20-10-6-7-18(15-20)24(29)26-12-11-25-23(28)21(26)16-22(27)31-14-13-30-19-8-4-3-5-9-19/h3-10,15,17,21H,11-14,16H2,1-2H3,(H,25,28). The molecule has 1 aliphatic heterocycles. The van der Waals surface area contributed by atoms with Crippen LogP contribution in [0.3, 0.4) is 0 Å². The fourth-order valence-electron chi connectivity index (χ4n) is 3.35. The summed E-state index contributed by atoms with van der Waals surface area (Å²) in [6.45, 7) is 4.66. The van der Waals surface area contributed by atoms with Crippen molar-refractivity contribution in [3.8, 4) is 11.5 Å². The summed E-state index contributed by atoms with van der Waals surface area (Å²) in [7, 11) is 0. The van der Waals surface area contributed by atoms with Crippen LogP contribution in [-0.2, 0) is 14.3 Å². The van der Waals surface area contributed by atoms with Gasteiger partial charge in [0.2, 0.25) is 5.91 Å². The third kappa shape index (κ3) is 6.47. The summed E-state index contributed by atoms with van der Waals surface area (Å²) in [5.74, 6) is -0.0355. The molecule has 1 fully saturated rings. The molecule has 3 rings (SSSR count). The molecule has 0 spiro atoms. The predicted molar refractivity (Wildman–Crippen MR) is 118 cm³/mol. The van der Waals surface area contributed by atoms with Crippen LogP contribution in [0.2, 0.25) is 0 Å². The first-order valence-corrected chi connectivity index (χ1v) is 10.6. The van der Waals surface area contributed by atoms with E-state index in [1.54, 1.807) is 36.4 Å². The molecular formula is C24H28N2O6. The monoisotopic (exact) mass is 440 g/mol. The Morgan fingerprint density at radius 3 is 2.56 bits per heavy atom. The Morgan fingerprint density at radius 1 is 1.06 bits per heavy atom. The van der Waals surface area contributed by atoms with Crippen LogP contribution in [0.5, 0.6) is 11.5 Å². The summed E-state index contributed by atoms with van der Waals surface area (Å²) < 4.78 is 16.4. The smallest absolute Gasteiger partial charge is 0.308 e. The molecule has 1 unspecified atom stereocenters. The lowest BCUT2D eigenvalue weighted by Crippen LogP contribution is -2.57. The van der Waals surface area contributed by atoms with Gasteiger partial charge in [0, 0.05) is 18.7 Å². The Hall–Kier alpha value is -3.55. The van der Waals surface area contributed by atoms with Crippen molar-refractivity contribution in [3.63, 3.8) is 0 Å². The molecule has 8 nitrogen and oxygen atoms in total. The second kappa shape index (κ2) is 11.2. The fraction of sp³-hybridized carbons (Fsp3) is 0.375. The van der Waals surface area contributed by atoms with Gasteiger partial charge in [0.1, 0.15) is 30.8 Å². The molecule has 0 saturated carbocycles. The molecule has 1 N–H and O–H groups in total. The van der Waals surface area contributed by atoms with Gasteiger partial charge in [-0.05, 0) is 44.2 Å². The molecule has 1 aliphatic rings. The molecule has 0 bridgehead atoms. The van der Waals surface area contributed by atoms with Crippen LogP contribution in [0.4, 0.5) is 0 Å². The Morgan fingerprint density at radius 2 is 1.81 bits per heavy atom. The molecule has 0 radical (unpaired) electrons. The molecule has 170 valence electrons. The zero-order valence-electron chi connectivity index (χ0n) is 18.3. The third-order valence-electron chi connectivity index (χ3n) is 4.76. The van der Waals surface area contributed by atoms with E-state index in [1.165, 1.54) is 4.90 Å². The maximum absolute atomic E-state index is 13.1. The van der Waals surface area contributed by atoms with Crippen LogP contribution >= 0.6 is 0 Å². The van der Waals surface area contributed by atoms with Crippen LogP contribution < -0.4 is 14.8 Å². The molecule has 8 heteroatoms. The van der Waals surface area contributed by atoms with E-state index in [0.29, 0.717) is 30.2 Å². The lowest BCUT2D eigenvalue weighted by Gasteiger charge is -2.34. The Balaban J connectivity index is 1.58. The normalized spacial score (nSPS) is 15.8. The molecule has 2 aromatic rings. The number of carbonyl (C=O) groups is 3. The van der Waals surface area contributed by atoms with E-state index in [2.05, 4.69) is 5.32 Å². The number of hydrogen-bond acceptors (Lipinski definition) is 6. The van der Waals surface area contributed by atoms with Gasteiger partial charge in [0.15, 0.2) is 0 Å². The highest BCUT2D eigenvalue weighted by Gasteiger charge is 2.35. The minimum Gasteiger partial charge on any atom is -0.491 e. The average Bonchev–Trinajstić information content (AvgIpc) is 2.78. The summed E-state index contributed by atoms with van der Waals surface area (Å²) in [6, 6.07) is 15.0. The molecule has 32 heavy (non-hydrogen) atoms. The molecular weight excluding hydrogens is 412 g/mol. The van der Waals surface area contributed by atoms with E-state index in [0.717, 1.165) is 0 Å². The Labute approximate surface area is 187 Å². The van der Waals surface area contributed by atoms with Crippen molar-refractivity contribution in [1.29, 1.82) is 0 Å². The van der Waals surface area contributed by atoms with E-state index in [9.17, 15) is 14.4 Å². The van der Waals surface area contributed by atoms with Gasteiger partial charge in [-0.3, -0.25) is 14.4 Å². The zero-order valence-corrected chi connectivity index (χ0v) is 18.3. The molecule has 1 atom stereocenters. The topological polar surface area (TPSA) is 94.2 Å². The number of amides is 2. The number of ether oxygens (including phenoxy) is 3. The summed E-state index contributed by atoms with van der Waals surface area (Å²) >= 11 is 0. The van der Waals surface area contributed by atoms with Crippen molar-refractivity contribution >= 4 is 17.8 Å². The van der Waals surface area contributed by atoms with E-state index in [4.69, 9.17) is 14.2 Å². The second-order valence-corrected chi connectivity index (χ2v) is 7.59. The van der Waals surface area contributed by atoms with Gasteiger partial charge in [0.05, 0.1) is 12.5 Å². The third-order valence-corrected chi connectivity index (χ3v) is 4.76. The minimum atomic E-state index is -0.937. The van der Waals surface area contributed by atoms with E-state index >= 15 is 0 Å². The summed E-state index contributed by atoms with van der Waals surface area (Å²) in [4.78, 5) is 39.3. The van der Waals surface area contributed by atoms with E-state index in [1.807, 2.05) is 32.0 Å². The first-order valence-electron chi connectivity index (χ1n) is 10.6. The largest absolute Gasteiger partial charge is 0.491 e. The number of esters is 1. The van der Waals surface area contributed by atoms with Gasteiger partial charge in [-0.2, -0.15) is 0 Å². The van der Waals surface area contributed by atoms with Crippen molar-refractivity contribution in [3.05, 3.63) is 60.2 Å². The quantitative estimate of drug-likeness (QED) is 0.475. The molecule has 0 aliphatic carbocycles. The lowest BCUT2D eigenvalue weighted by molar-refractivity contribution is -0.148. The number of para-hydroxylation sites is 1. The van der Waals surface area contributed by atoms with Crippen LogP contribution in [-0.4, -0.2) is 61.1 Å². The van der Waals surface area contributed by atoms with Crippen LogP contribution in [0.1, 0.15) is 30.6 Å². The van der Waals surface area contributed by atoms with Gasteiger partial charge in [-0.25, -0.2) is 0 Å². The van der Waals surface area contributed by atoms with Crippen LogP contribution in [0.25, 0.3) is 0 Å². The maximum atomic E-state index is 13.1. The highest BCUT2D eigenvalue weighted by Crippen LogP contribution is 2.19. The fourth-order valence-corrected chi connectivity index (χ4v) is 3.35. The Bertz CT molecular complexity index is 931. The van der Waals surface area contributed by atoms with Gasteiger partial charge in [-0.15, -0.1) is 0 Å². The van der Waals surface area contributed by atoms with Crippen molar-refractivity contribution < 1.29 is 28.6 Å². The first-order chi connectivity index (χ1) is 15.4. The van der Waals surface area contributed by atoms with E-state index < -0.39 is 12.0 Å². The molecule has 1 heterocycles. The summed E-state index contributed by atoms with van der Waals surface area (Å²) in [5, 5.41) is 2.71. The number of piperazine rings is 1. The van der Waals surface area contributed by atoms with Crippen molar-refractivity contribution in [2.75, 3.05) is 26.3 Å². The Kier molecular flexibility index (Phi) is 8.08. The zero-order chi connectivity index (χ0) is 22.9. The van der Waals surface area contributed by atoms with Crippen LogP contribution in [0.15, 0.2) is 54.6 Å². The number of nitrogens with zero attached hydrogens (tertiary/aromatic N) is 1. The SMILES string of the molecule is CC(C)Oc1cccc(C(=O)N2CCNC(=O)C2CC(=O)OCCOc2ccccc2)c1. The van der Waals surface area contributed by atoms with E-state index in [-0.39, 0.29) is 37.6 Å².